The van der Waals surface area contributed by atoms with E-state index in [1.165, 1.54) is 5.38 Å². The smallest absolute Gasteiger partial charge is 0.415 e. The highest BCUT2D eigenvalue weighted by molar-refractivity contribution is 7.79. The maximum absolute atomic E-state index is 13.7. The van der Waals surface area contributed by atoms with Crippen molar-refractivity contribution in [2.75, 3.05) is 5.32 Å². The van der Waals surface area contributed by atoms with Gasteiger partial charge in [0.05, 0.1) is 17.3 Å². The Morgan fingerprint density at radius 3 is 2.74 bits per heavy atom. The van der Waals surface area contributed by atoms with Crippen LogP contribution in [0.1, 0.15) is 25.0 Å². The van der Waals surface area contributed by atoms with Gasteiger partial charge in [-0.15, -0.1) is 11.3 Å². The van der Waals surface area contributed by atoms with Gasteiger partial charge in [0.1, 0.15) is 5.83 Å². The van der Waals surface area contributed by atoms with E-state index in [0.29, 0.717) is 0 Å². The number of anilines is 1. The molecule has 0 radical (unpaired) electrons. The Labute approximate surface area is 163 Å². The van der Waals surface area contributed by atoms with Crippen molar-refractivity contribution in [1.29, 1.82) is 0 Å². The van der Waals surface area contributed by atoms with Crippen LogP contribution in [0.25, 0.3) is 5.57 Å². The number of alkyl halides is 3. The molecule has 1 heterocycles. The summed E-state index contributed by atoms with van der Waals surface area (Å²) in [7, 11) is 0. The van der Waals surface area contributed by atoms with Crippen LogP contribution in [0.4, 0.5) is 22.7 Å². The van der Waals surface area contributed by atoms with Crippen molar-refractivity contribution in [2.24, 2.45) is 0 Å². The maximum Gasteiger partial charge on any atom is 0.415 e. The van der Waals surface area contributed by atoms with Crippen LogP contribution >= 0.6 is 23.6 Å². The van der Waals surface area contributed by atoms with E-state index in [0.717, 1.165) is 22.8 Å². The predicted octanol–water partition coefficient (Wildman–Crippen LogP) is 3.19. The van der Waals surface area contributed by atoms with Crippen molar-refractivity contribution in [3.63, 3.8) is 0 Å². The van der Waals surface area contributed by atoms with Crippen LogP contribution in [0, 0.1) is 0 Å². The van der Waals surface area contributed by atoms with Crippen LogP contribution in [0.15, 0.2) is 22.9 Å². The molecule has 6 nitrogen and oxygen atoms in total. The molecule has 0 saturated carbocycles. The lowest BCUT2D eigenvalue weighted by Crippen LogP contribution is -2.35. The molecule has 1 aromatic heterocycles. The maximum atomic E-state index is 13.7. The second kappa shape index (κ2) is 9.10. The van der Waals surface area contributed by atoms with Crippen LogP contribution < -0.4 is 10.0 Å². The molecule has 0 aliphatic heterocycles. The van der Waals surface area contributed by atoms with Gasteiger partial charge in [-0.1, -0.05) is 12.2 Å². The van der Waals surface area contributed by atoms with E-state index in [4.69, 9.17) is 0 Å². The second-order valence-electron chi connectivity index (χ2n) is 5.38. The lowest BCUT2D eigenvalue weighted by atomic mass is 9.95. The molecule has 2 unspecified atom stereocenters. The molecule has 0 saturated heterocycles. The van der Waals surface area contributed by atoms with Crippen molar-refractivity contribution < 1.29 is 31.1 Å². The molecule has 27 heavy (non-hydrogen) atoms. The van der Waals surface area contributed by atoms with E-state index >= 15 is 0 Å². The van der Waals surface area contributed by atoms with Crippen LogP contribution in [0.2, 0.25) is 0 Å². The summed E-state index contributed by atoms with van der Waals surface area (Å²) >= 11 is 3.05. The molecule has 1 aliphatic rings. The highest BCUT2D eigenvalue weighted by Crippen LogP contribution is 2.39. The highest BCUT2D eigenvalue weighted by Gasteiger charge is 2.37. The molecule has 148 valence electrons. The molecule has 1 aromatic rings. The second-order valence-corrected chi connectivity index (χ2v) is 7.21. The molecule has 0 spiro atoms. The lowest BCUT2D eigenvalue weighted by molar-refractivity contribution is -0.116. The summed E-state index contributed by atoms with van der Waals surface area (Å²) in [6.45, 7) is 0. The van der Waals surface area contributed by atoms with Crippen molar-refractivity contribution in [2.45, 2.75) is 31.5 Å². The standard InChI is InChI=1S/C14H13F4N3O3S3/c15-10-3-7(1-2-9(10)14(16,17)18)11-6-26-13(19-11)20-12(22)4-8(5-25)21-27(23)24/h3,5-6,8,21H,1-2,4H2,(H,23,24)(H,19,20,22)/p-1. The number of halogens is 4. The average Bonchev–Trinajstić information content (AvgIpc) is 3.00. The zero-order valence-corrected chi connectivity index (χ0v) is 15.8. The molecular formula is C14H12F4N3O3S3-. The largest absolute Gasteiger partial charge is 0.760 e. The van der Waals surface area contributed by atoms with Crippen LogP contribution in [0.3, 0.4) is 0 Å². The zero-order chi connectivity index (χ0) is 20.2. The van der Waals surface area contributed by atoms with Crippen molar-refractivity contribution >= 4 is 56.8 Å². The molecule has 0 aromatic carbocycles. The van der Waals surface area contributed by atoms with Gasteiger partial charge >= 0.3 is 6.18 Å². The Morgan fingerprint density at radius 2 is 2.19 bits per heavy atom. The topological polar surface area (TPSA) is 94.2 Å². The molecule has 1 aliphatic carbocycles. The number of thiocarbonyl (C=S) groups is 1. The van der Waals surface area contributed by atoms with Gasteiger partial charge in [0, 0.05) is 23.1 Å². The Bertz CT molecular complexity index is 820. The lowest BCUT2D eigenvalue weighted by Gasteiger charge is -2.17. The van der Waals surface area contributed by atoms with E-state index < -0.39 is 47.2 Å². The van der Waals surface area contributed by atoms with Crippen molar-refractivity contribution in [3.8, 4) is 0 Å². The molecule has 2 N–H and O–H groups in total. The number of rotatable bonds is 7. The summed E-state index contributed by atoms with van der Waals surface area (Å²) in [5.41, 5.74) is -0.654. The van der Waals surface area contributed by atoms with Crippen LogP contribution in [-0.4, -0.2) is 37.2 Å². The molecular weight excluding hydrogens is 430 g/mol. The van der Waals surface area contributed by atoms with E-state index in [-0.39, 0.29) is 29.2 Å². The first-order valence-corrected chi connectivity index (χ1v) is 9.75. The summed E-state index contributed by atoms with van der Waals surface area (Å²) in [5, 5.41) is 5.15. The fourth-order valence-corrected chi connectivity index (χ4v) is 3.66. The number of hydrogen-bond donors (Lipinski definition) is 2. The number of nitrogens with zero attached hydrogens (tertiary/aromatic N) is 1. The third kappa shape index (κ3) is 6.24. The molecule has 0 fully saturated rings. The number of allylic oxidation sites excluding steroid dienone is 4. The fraction of sp³-hybridized carbons (Fsp3) is 0.357. The molecule has 2 rings (SSSR count). The third-order valence-electron chi connectivity index (χ3n) is 3.47. The number of nitrogens with one attached hydrogen (secondary N) is 2. The van der Waals surface area contributed by atoms with Gasteiger partial charge in [-0.3, -0.25) is 9.00 Å². The molecule has 13 heteroatoms. The van der Waals surface area contributed by atoms with E-state index in [2.05, 4.69) is 27.2 Å². The number of amides is 1. The SMILES string of the molecule is O=C(CC(C=S)NS(=O)[O-])Nc1nc(C2=CC(F)=C(C(F)(F)F)CC2)cs1. The number of carbonyl (C=O) groups is 1. The van der Waals surface area contributed by atoms with E-state index in [9.17, 15) is 31.1 Å². The minimum Gasteiger partial charge on any atom is -0.760 e. The van der Waals surface area contributed by atoms with Gasteiger partial charge in [-0.25, -0.2) is 14.1 Å². The van der Waals surface area contributed by atoms with Gasteiger partial charge in [-0.05, 0) is 29.9 Å². The monoisotopic (exact) mass is 442 g/mol. The first-order chi connectivity index (χ1) is 12.6. The Kier molecular flexibility index (Phi) is 7.33. The first kappa shape index (κ1) is 21.8. The molecule has 1 amide bonds. The van der Waals surface area contributed by atoms with Gasteiger partial charge in [0.2, 0.25) is 5.91 Å². The van der Waals surface area contributed by atoms with Crippen molar-refractivity contribution in [1.82, 2.24) is 9.71 Å². The first-order valence-electron chi connectivity index (χ1n) is 7.33. The fourth-order valence-electron chi connectivity index (χ4n) is 2.26. The molecule has 2 atom stereocenters. The summed E-state index contributed by atoms with van der Waals surface area (Å²) in [6, 6.07) is -0.876. The van der Waals surface area contributed by atoms with Gasteiger partial charge in [0.25, 0.3) is 0 Å². The Balaban J connectivity index is 2.05. The quantitative estimate of drug-likeness (QED) is 0.384. The number of aromatic nitrogens is 1. The number of hydrogen-bond acceptors (Lipinski definition) is 6. The number of carbonyl (C=O) groups excluding carboxylic acids is 1. The minimum absolute atomic E-state index is 0.0361. The highest BCUT2D eigenvalue weighted by atomic mass is 32.2. The normalized spacial score (nSPS) is 17.3. The Hall–Kier alpha value is -1.54. The predicted molar refractivity (Wildman–Crippen MR) is 96.3 cm³/mol. The minimum atomic E-state index is -4.71. The van der Waals surface area contributed by atoms with Gasteiger partial charge < -0.3 is 9.87 Å². The summed E-state index contributed by atoms with van der Waals surface area (Å²) in [6.07, 6.45) is -4.71. The third-order valence-corrected chi connectivity index (χ3v) is 5.05. The van der Waals surface area contributed by atoms with Crippen LogP contribution in [-0.2, 0) is 16.1 Å². The molecule has 0 bridgehead atoms. The summed E-state index contributed by atoms with van der Waals surface area (Å²) in [5.74, 6) is -1.91. The van der Waals surface area contributed by atoms with Crippen LogP contribution in [0.5, 0.6) is 0 Å². The van der Waals surface area contributed by atoms with Gasteiger partial charge in [-0.2, -0.15) is 13.2 Å². The Morgan fingerprint density at radius 1 is 1.48 bits per heavy atom. The average molecular weight is 442 g/mol. The number of thiazole rings is 1. The summed E-state index contributed by atoms with van der Waals surface area (Å²) in [4.78, 5) is 16.0. The van der Waals surface area contributed by atoms with E-state index in [1.54, 1.807) is 0 Å². The summed E-state index contributed by atoms with van der Waals surface area (Å²) < 4.78 is 74.8. The van der Waals surface area contributed by atoms with Gasteiger partial charge in [0.15, 0.2) is 5.13 Å². The van der Waals surface area contributed by atoms with Crippen molar-refractivity contribution in [3.05, 3.63) is 28.5 Å². The zero-order valence-electron chi connectivity index (χ0n) is 13.3. The van der Waals surface area contributed by atoms with E-state index in [1.807, 2.05) is 0 Å².